The van der Waals surface area contributed by atoms with Crippen molar-refractivity contribution >= 4 is 0 Å². The van der Waals surface area contributed by atoms with Gasteiger partial charge in [0, 0.05) is 5.41 Å². The van der Waals surface area contributed by atoms with Gasteiger partial charge in [-0.15, -0.1) is 0 Å². The van der Waals surface area contributed by atoms with Crippen LogP contribution in [-0.2, 0) is 20.8 Å². The van der Waals surface area contributed by atoms with Gasteiger partial charge < -0.3 is 24.1 Å². The second-order valence-corrected chi connectivity index (χ2v) is 7.30. The second kappa shape index (κ2) is 6.64. The molecule has 0 bridgehead atoms. The first-order valence-electron chi connectivity index (χ1n) is 8.64. The molecule has 1 aromatic rings. The van der Waals surface area contributed by atoms with E-state index >= 15 is 0 Å². The van der Waals surface area contributed by atoms with Gasteiger partial charge in [-0.05, 0) is 44.4 Å². The summed E-state index contributed by atoms with van der Waals surface area (Å²) in [6.45, 7) is 6.53. The van der Waals surface area contributed by atoms with Crippen LogP contribution in [0.1, 0.15) is 39.2 Å². The molecule has 0 aromatic heterocycles. The summed E-state index contributed by atoms with van der Waals surface area (Å²) in [6, 6.07) is 7.86. The number of methoxy groups -OCH3 is 1. The third-order valence-electron chi connectivity index (χ3n) is 5.35. The Morgan fingerprint density at radius 2 is 1.92 bits per heavy atom. The number of benzene rings is 1. The molecular formula is C19H28O5. The van der Waals surface area contributed by atoms with Crippen LogP contribution in [0.2, 0.25) is 0 Å². The Labute approximate surface area is 143 Å². The lowest BCUT2D eigenvalue weighted by atomic mass is 9.82. The van der Waals surface area contributed by atoms with Gasteiger partial charge in [0.25, 0.3) is 0 Å². The number of rotatable bonds is 6. The lowest BCUT2D eigenvalue weighted by Gasteiger charge is -2.32. The third kappa shape index (κ3) is 3.18. The highest BCUT2D eigenvalue weighted by Gasteiger charge is 2.60. The Morgan fingerprint density at radius 3 is 2.50 bits per heavy atom. The lowest BCUT2D eigenvalue weighted by Crippen LogP contribution is -2.38. The Morgan fingerprint density at radius 1 is 1.21 bits per heavy atom. The lowest BCUT2D eigenvalue weighted by molar-refractivity contribution is -0.183. The number of fused-ring (bicyclic) bond motifs is 1. The van der Waals surface area contributed by atoms with Gasteiger partial charge in [-0.25, -0.2) is 0 Å². The molecular weight excluding hydrogens is 308 g/mol. The van der Waals surface area contributed by atoms with Crippen molar-refractivity contribution in [2.24, 2.45) is 5.41 Å². The predicted octanol–water partition coefficient (Wildman–Crippen LogP) is 2.89. The molecule has 1 N–H and O–H groups in total. The molecule has 24 heavy (non-hydrogen) atoms. The number of ether oxygens (including phenoxy) is 4. The van der Waals surface area contributed by atoms with Crippen molar-refractivity contribution in [1.82, 2.24) is 0 Å². The van der Waals surface area contributed by atoms with Crippen LogP contribution in [0, 0.1) is 5.41 Å². The fourth-order valence-corrected chi connectivity index (χ4v) is 3.86. The zero-order valence-electron chi connectivity index (χ0n) is 15.0. The van der Waals surface area contributed by atoms with Crippen molar-refractivity contribution in [3.05, 3.63) is 29.8 Å². The summed E-state index contributed by atoms with van der Waals surface area (Å²) in [5, 5.41) is 9.99. The van der Waals surface area contributed by atoms with E-state index in [-0.39, 0.29) is 30.3 Å². The van der Waals surface area contributed by atoms with Gasteiger partial charge >= 0.3 is 0 Å². The summed E-state index contributed by atoms with van der Waals surface area (Å²) in [5.41, 5.74) is 0.798. The fourth-order valence-electron chi connectivity index (χ4n) is 3.86. The van der Waals surface area contributed by atoms with Crippen LogP contribution in [0.5, 0.6) is 5.75 Å². The van der Waals surface area contributed by atoms with E-state index in [0.717, 1.165) is 24.2 Å². The van der Waals surface area contributed by atoms with Gasteiger partial charge in [0.05, 0.1) is 32.5 Å². The molecule has 1 heterocycles. The zero-order valence-corrected chi connectivity index (χ0v) is 15.0. The first-order chi connectivity index (χ1) is 11.4. The van der Waals surface area contributed by atoms with E-state index in [0.29, 0.717) is 6.61 Å². The molecule has 1 saturated carbocycles. The summed E-state index contributed by atoms with van der Waals surface area (Å²) < 4.78 is 23.5. The van der Waals surface area contributed by atoms with Crippen molar-refractivity contribution in [2.45, 2.75) is 64.3 Å². The number of aliphatic hydroxyl groups is 1. The van der Waals surface area contributed by atoms with Gasteiger partial charge in [-0.2, -0.15) is 0 Å². The van der Waals surface area contributed by atoms with E-state index in [2.05, 4.69) is 6.92 Å². The Hall–Kier alpha value is -1.14. The zero-order chi connectivity index (χ0) is 17.4. The van der Waals surface area contributed by atoms with Crippen LogP contribution >= 0.6 is 0 Å². The van der Waals surface area contributed by atoms with E-state index < -0.39 is 5.79 Å². The summed E-state index contributed by atoms with van der Waals surface area (Å²) in [5.74, 6) is 0.201. The van der Waals surface area contributed by atoms with Gasteiger partial charge in [0.2, 0.25) is 0 Å². The van der Waals surface area contributed by atoms with Gasteiger partial charge in [-0.3, -0.25) is 0 Å². The average Bonchev–Trinajstić information content (AvgIpc) is 3.05. The van der Waals surface area contributed by atoms with E-state index in [4.69, 9.17) is 18.9 Å². The molecule has 0 spiro atoms. The van der Waals surface area contributed by atoms with Crippen molar-refractivity contribution < 1.29 is 24.1 Å². The minimum atomic E-state index is -0.632. The fraction of sp³-hybridized carbons (Fsp3) is 0.684. The molecule has 3 rings (SSSR count). The Kier molecular flexibility index (Phi) is 4.89. The van der Waals surface area contributed by atoms with Gasteiger partial charge in [0.1, 0.15) is 11.9 Å². The molecule has 2 fully saturated rings. The highest BCUT2D eigenvalue weighted by Crippen LogP contribution is 2.51. The highest BCUT2D eigenvalue weighted by atomic mass is 16.8. The number of hydrogen-bond acceptors (Lipinski definition) is 5. The summed E-state index contributed by atoms with van der Waals surface area (Å²) in [6.07, 6.45) is 1.26. The van der Waals surface area contributed by atoms with Crippen LogP contribution in [0.4, 0.5) is 0 Å². The smallest absolute Gasteiger partial charge is 0.163 e. The van der Waals surface area contributed by atoms with Gasteiger partial charge in [0.15, 0.2) is 5.79 Å². The molecule has 5 heteroatoms. The molecule has 0 unspecified atom stereocenters. The highest BCUT2D eigenvalue weighted by molar-refractivity contribution is 5.26. The van der Waals surface area contributed by atoms with Crippen molar-refractivity contribution in [2.75, 3.05) is 13.7 Å². The molecule has 2 aliphatic rings. The molecule has 134 valence electrons. The van der Waals surface area contributed by atoms with E-state index in [1.54, 1.807) is 7.11 Å². The molecule has 1 aliphatic carbocycles. The quantitative estimate of drug-likeness (QED) is 0.866. The van der Waals surface area contributed by atoms with Crippen LogP contribution in [0.15, 0.2) is 24.3 Å². The number of aliphatic hydroxyl groups excluding tert-OH is 1. The molecule has 1 saturated heterocycles. The average molecular weight is 336 g/mol. The second-order valence-electron chi connectivity index (χ2n) is 7.30. The SMILES string of the molecule is CC[C@]1(CO)C[C@H](OCc2ccc(OC)cc2)[C@@H]2OC(C)(C)O[C@@H]21. The first-order valence-corrected chi connectivity index (χ1v) is 8.64. The summed E-state index contributed by atoms with van der Waals surface area (Å²) >= 11 is 0. The first kappa shape index (κ1) is 17.7. The number of hydrogen-bond donors (Lipinski definition) is 1. The van der Waals surface area contributed by atoms with E-state index in [9.17, 15) is 5.11 Å². The summed E-state index contributed by atoms with van der Waals surface area (Å²) in [4.78, 5) is 0. The van der Waals surface area contributed by atoms with Crippen LogP contribution < -0.4 is 4.74 Å². The van der Waals surface area contributed by atoms with E-state index in [1.807, 2.05) is 38.1 Å². The predicted molar refractivity (Wildman–Crippen MR) is 89.8 cm³/mol. The molecule has 0 radical (unpaired) electrons. The van der Waals surface area contributed by atoms with Crippen molar-refractivity contribution in [3.8, 4) is 5.75 Å². The Bertz CT molecular complexity index is 549. The monoisotopic (exact) mass is 336 g/mol. The molecule has 1 aromatic carbocycles. The topological polar surface area (TPSA) is 57.2 Å². The van der Waals surface area contributed by atoms with Crippen LogP contribution in [-0.4, -0.2) is 42.9 Å². The molecule has 1 aliphatic heterocycles. The maximum atomic E-state index is 9.99. The van der Waals surface area contributed by atoms with Crippen molar-refractivity contribution in [1.29, 1.82) is 0 Å². The molecule has 5 nitrogen and oxygen atoms in total. The molecule has 0 amide bonds. The van der Waals surface area contributed by atoms with Crippen LogP contribution in [0.25, 0.3) is 0 Å². The minimum absolute atomic E-state index is 0.0778. The van der Waals surface area contributed by atoms with Crippen LogP contribution in [0.3, 0.4) is 0 Å². The minimum Gasteiger partial charge on any atom is -0.497 e. The maximum Gasteiger partial charge on any atom is 0.163 e. The Balaban J connectivity index is 1.70. The van der Waals surface area contributed by atoms with Crippen molar-refractivity contribution in [3.63, 3.8) is 0 Å². The van der Waals surface area contributed by atoms with E-state index in [1.165, 1.54) is 0 Å². The third-order valence-corrected chi connectivity index (χ3v) is 5.35. The molecule has 4 atom stereocenters. The maximum absolute atomic E-state index is 9.99. The normalized spacial score (nSPS) is 34.3. The largest absolute Gasteiger partial charge is 0.497 e. The standard InChI is InChI=1S/C19H28O5/c1-5-19(12-20)10-15(16-17(19)24-18(2,3)23-16)22-11-13-6-8-14(21-4)9-7-13/h6-9,15-17,20H,5,10-12H2,1-4H3/t15-,16-,17-,19+/m0/s1. The summed E-state index contributed by atoms with van der Waals surface area (Å²) in [7, 11) is 1.66. The van der Waals surface area contributed by atoms with Gasteiger partial charge in [-0.1, -0.05) is 19.1 Å².